The molecule has 0 saturated heterocycles. The second-order valence-corrected chi connectivity index (χ2v) is 7.52. The highest BCUT2D eigenvalue weighted by atomic mass is 16.1. The molecule has 0 unspecified atom stereocenters. The summed E-state index contributed by atoms with van der Waals surface area (Å²) in [7, 11) is 0. The molecule has 1 aromatic carbocycles. The van der Waals surface area contributed by atoms with Gasteiger partial charge in [-0.1, -0.05) is 31.2 Å². The third kappa shape index (κ3) is 3.62. The van der Waals surface area contributed by atoms with E-state index in [1.54, 1.807) is 5.56 Å². The maximum Gasteiger partial charge on any atom is 0.123 e. The van der Waals surface area contributed by atoms with Gasteiger partial charge in [0.1, 0.15) is 6.29 Å². The Morgan fingerprint density at radius 2 is 1.41 bits per heavy atom. The quantitative estimate of drug-likeness (QED) is 0.668. The van der Waals surface area contributed by atoms with Gasteiger partial charge in [-0.2, -0.15) is 0 Å². The maximum atomic E-state index is 10.9. The van der Waals surface area contributed by atoms with Crippen molar-refractivity contribution in [1.82, 2.24) is 0 Å². The summed E-state index contributed by atoms with van der Waals surface area (Å²) in [5.74, 6) is 2.98. The van der Waals surface area contributed by atoms with E-state index >= 15 is 0 Å². The number of carbonyl (C=O) groups is 1. The van der Waals surface area contributed by atoms with Gasteiger partial charge in [-0.15, -0.1) is 0 Å². The molecule has 1 nitrogen and oxygen atoms in total. The predicted octanol–water partition coefficient (Wildman–Crippen LogP) is 5.53. The van der Waals surface area contributed by atoms with Crippen LogP contribution < -0.4 is 0 Å². The van der Waals surface area contributed by atoms with Crippen molar-refractivity contribution in [3.05, 3.63) is 35.4 Å². The molecule has 0 aliphatic heterocycles. The van der Waals surface area contributed by atoms with Crippen LogP contribution in [0.25, 0.3) is 0 Å². The summed E-state index contributed by atoms with van der Waals surface area (Å²) >= 11 is 0. The topological polar surface area (TPSA) is 17.1 Å². The molecule has 0 atom stereocenters. The van der Waals surface area contributed by atoms with Crippen LogP contribution in [0.2, 0.25) is 0 Å². The normalized spacial score (nSPS) is 32.6. The molecule has 1 heteroatoms. The van der Waals surface area contributed by atoms with Crippen molar-refractivity contribution in [1.29, 1.82) is 0 Å². The van der Waals surface area contributed by atoms with Crippen LogP contribution in [-0.4, -0.2) is 6.29 Å². The zero-order valence-corrected chi connectivity index (χ0v) is 14.0. The van der Waals surface area contributed by atoms with E-state index < -0.39 is 0 Å². The average molecular weight is 298 g/mol. The number of benzene rings is 1. The van der Waals surface area contributed by atoms with Gasteiger partial charge < -0.3 is 4.79 Å². The van der Waals surface area contributed by atoms with Crippen LogP contribution in [0.5, 0.6) is 0 Å². The lowest BCUT2D eigenvalue weighted by atomic mass is 9.68. The van der Waals surface area contributed by atoms with Gasteiger partial charge in [0.2, 0.25) is 0 Å². The Hall–Kier alpha value is -1.11. The molecule has 22 heavy (non-hydrogen) atoms. The molecular weight excluding hydrogens is 268 g/mol. The van der Waals surface area contributed by atoms with Gasteiger partial charge >= 0.3 is 0 Å². The lowest BCUT2D eigenvalue weighted by Crippen LogP contribution is -2.25. The fourth-order valence-corrected chi connectivity index (χ4v) is 4.70. The number of aryl methyl sites for hydroxylation is 1. The number of carbonyl (C=O) groups excluding carboxylic acids is 1. The maximum absolute atomic E-state index is 10.9. The van der Waals surface area contributed by atoms with Crippen molar-refractivity contribution in [2.75, 3.05) is 0 Å². The SMILES string of the molecule is CCc1ccc([C@H]2CC[C@H](C3CCC(C=O)CC3)CC2)cc1. The first kappa shape index (κ1) is 15.8. The van der Waals surface area contributed by atoms with Crippen molar-refractivity contribution < 1.29 is 4.79 Å². The van der Waals surface area contributed by atoms with Gasteiger partial charge in [0.25, 0.3) is 0 Å². The van der Waals surface area contributed by atoms with Crippen LogP contribution >= 0.6 is 0 Å². The second-order valence-electron chi connectivity index (χ2n) is 7.52. The molecule has 0 heterocycles. The third-order valence-electron chi connectivity index (χ3n) is 6.31. The highest BCUT2D eigenvalue weighted by Crippen LogP contribution is 2.43. The van der Waals surface area contributed by atoms with E-state index in [2.05, 4.69) is 31.2 Å². The fraction of sp³-hybridized carbons (Fsp3) is 0.667. The largest absolute Gasteiger partial charge is 0.303 e. The van der Waals surface area contributed by atoms with Crippen LogP contribution in [0.3, 0.4) is 0 Å². The van der Waals surface area contributed by atoms with Crippen LogP contribution in [-0.2, 0) is 11.2 Å². The van der Waals surface area contributed by atoms with Crippen molar-refractivity contribution >= 4 is 6.29 Å². The molecule has 0 bridgehead atoms. The molecule has 0 amide bonds. The smallest absolute Gasteiger partial charge is 0.123 e. The first-order valence-corrected chi connectivity index (χ1v) is 9.34. The van der Waals surface area contributed by atoms with Crippen LogP contribution in [0.1, 0.15) is 75.3 Å². The molecule has 2 aliphatic carbocycles. The number of rotatable bonds is 4. The standard InChI is InChI=1S/C21H30O/c1-2-16-3-7-18(8-4-16)20-11-13-21(14-12-20)19-9-5-17(15-22)6-10-19/h3-4,7-8,15,17,19-21H,2,5-6,9-14H2,1H3/t17?,19?,20-,21-. The average Bonchev–Trinajstić information content (AvgIpc) is 2.62. The number of aldehydes is 1. The Balaban J connectivity index is 1.50. The van der Waals surface area contributed by atoms with Gasteiger partial charge in [-0.25, -0.2) is 0 Å². The van der Waals surface area contributed by atoms with E-state index in [1.807, 2.05) is 0 Å². The molecule has 120 valence electrons. The van der Waals surface area contributed by atoms with Crippen molar-refractivity contribution in [2.45, 2.75) is 70.6 Å². The van der Waals surface area contributed by atoms with Gasteiger partial charge in [0.05, 0.1) is 0 Å². The lowest BCUT2D eigenvalue weighted by Gasteiger charge is -2.37. The van der Waals surface area contributed by atoms with Crippen LogP contribution in [0.15, 0.2) is 24.3 Å². The van der Waals surface area contributed by atoms with E-state index in [0.717, 1.165) is 37.0 Å². The number of hydrogen-bond acceptors (Lipinski definition) is 1. The summed E-state index contributed by atoms with van der Waals surface area (Å²) in [6.45, 7) is 2.22. The Morgan fingerprint density at radius 1 is 0.864 bits per heavy atom. The van der Waals surface area contributed by atoms with Crippen molar-refractivity contribution in [3.63, 3.8) is 0 Å². The van der Waals surface area contributed by atoms with Crippen LogP contribution in [0, 0.1) is 17.8 Å². The molecule has 1 aromatic rings. The molecule has 3 rings (SSSR count). The minimum Gasteiger partial charge on any atom is -0.303 e. The summed E-state index contributed by atoms with van der Waals surface area (Å²) < 4.78 is 0. The van der Waals surface area contributed by atoms with E-state index in [1.165, 1.54) is 50.4 Å². The Labute approximate surface area is 135 Å². The first-order valence-electron chi connectivity index (χ1n) is 9.34. The van der Waals surface area contributed by atoms with Crippen molar-refractivity contribution in [2.24, 2.45) is 17.8 Å². The Morgan fingerprint density at radius 3 is 1.91 bits per heavy atom. The molecule has 0 spiro atoms. The molecule has 2 saturated carbocycles. The monoisotopic (exact) mass is 298 g/mol. The van der Waals surface area contributed by atoms with Crippen molar-refractivity contribution in [3.8, 4) is 0 Å². The minimum atomic E-state index is 0.365. The van der Waals surface area contributed by atoms with Gasteiger partial charge in [0.15, 0.2) is 0 Å². The highest BCUT2D eigenvalue weighted by Gasteiger charge is 2.31. The highest BCUT2D eigenvalue weighted by molar-refractivity contribution is 5.53. The summed E-state index contributed by atoms with van der Waals surface area (Å²) in [6.07, 6.45) is 12.7. The minimum absolute atomic E-state index is 0.365. The van der Waals surface area contributed by atoms with E-state index in [9.17, 15) is 4.79 Å². The second kappa shape index (κ2) is 7.44. The Bertz CT molecular complexity index is 459. The number of hydrogen-bond donors (Lipinski definition) is 0. The van der Waals surface area contributed by atoms with Gasteiger partial charge in [0, 0.05) is 5.92 Å². The zero-order valence-electron chi connectivity index (χ0n) is 14.0. The third-order valence-corrected chi connectivity index (χ3v) is 6.31. The van der Waals surface area contributed by atoms with Gasteiger partial charge in [-0.05, 0) is 86.7 Å². The fourth-order valence-electron chi connectivity index (χ4n) is 4.70. The molecule has 2 fully saturated rings. The predicted molar refractivity (Wildman–Crippen MR) is 92.0 cm³/mol. The van der Waals surface area contributed by atoms with Crippen LogP contribution in [0.4, 0.5) is 0 Å². The molecular formula is C21H30O. The summed E-state index contributed by atoms with van der Waals surface area (Å²) in [6, 6.07) is 9.34. The van der Waals surface area contributed by atoms with E-state index in [-0.39, 0.29) is 0 Å². The summed E-state index contributed by atoms with van der Waals surface area (Å²) in [5.41, 5.74) is 3.00. The Kier molecular flexibility index (Phi) is 5.33. The van der Waals surface area contributed by atoms with Gasteiger partial charge in [-0.3, -0.25) is 0 Å². The molecule has 2 aliphatic rings. The zero-order chi connectivity index (χ0) is 15.4. The summed E-state index contributed by atoms with van der Waals surface area (Å²) in [5, 5.41) is 0. The van der Waals surface area contributed by atoms with E-state index in [4.69, 9.17) is 0 Å². The van der Waals surface area contributed by atoms with E-state index in [0.29, 0.717) is 5.92 Å². The molecule has 0 N–H and O–H groups in total. The lowest BCUT2D eigenvalue weighted by molar-refractivity contribution is -0.112. The first-order chi connectivity index (χ1) is 10.8. The summed E-state index contributed by atoms with van der Waals surface area (Å²) in [4.78, 5) is 10.9. The molecule has 0 radical (unpaired) electrons. The molecule has 0 aromatic heterocycles.